The average molecular weight is 647 g/mol. The van der Waals surface area contributed by atoms with E-state index in [9.17, 15) is 9.59 Å². The maximum Gasteiger partial charge on any atom is 0.407 e. The van der Waals surface area contributed by atoms with Crippen LogP contribution in [0.3, 0.4) is 0 Å². The van der Waals surface area contributed by atoms with Crippen LogP contribution < -0.4 is 21.7 Å². The van der Waals surface area contributed by atoms with Gasteiger partial charge in [-0.1, -0.05) is 104 Å². The van der Waals surface area contributed by atoms with E-state index in [0.717, 1.165) is 16.7 Å². The van der Waals surface area contributed by atoms with Gasteiger partial charge in [0.25, 0.3) is 0 Å². The van der Waals surface area contributed by atoms with Crippen molar-refractivity contribution in [3.05, 3.63) is 106 Å². The summed E-state index contributed by atoms with van der Waals surface area (Å²) in [6, 6.07) is 26.7. The van der Waals surface area contributed by atoms with Gasteiger partial charge in [-0.05, 0) is 87.1 Å². The van der Waals surface area contributed by atoms with E-state index < -0.39 is 23.3 Å². The summed E-state index contributed by atoms with van der Waals surface area (Å²) in [6.45, 7) is 6.83. The van der Waals surface area contributed by atoms with Gasteiger partial charge < -0.3 is 21.1 Å². The van der Waals surface area contributed by atoms with Crippen molar-refractivity contribution in [1.29, 1.82) is 0 Å². The molecule has 3 aromatic carbocycles. The summed E-state index contributed by atoms with van der Waals surface area (Å²) in [5.41, 5.74) is 9.45. The van der Waals surface area contributed by atoms with E-state index in [2.05, 4.69) is 58.4 Å². The molecule has 0 aliphatic heterocycles. The molecule has 7 nitrogen and oxygen atoms in total. The third-order valence-electron chi connectivity index (χ3n) is 8.67. The summed E-state index contributed by atoms with van der Waals surface area (Å²) >= 11 is 6.93. The molecule has 8 heteroatoms. The largest absolute Gasteiger partial charge is 0.444 e. The van der Waals surface area contributed by atoms with Crippen LogP contribution in [0.15, 0.2) is 78.9 Å². The fraction of sp³-hybridized carbons (Fsp3) is 0.474. The molecule has 0 bridgehead atoms. The molecule has 1 unspecified atom stereocenters. The number of amides is 2. The highest BCUT2D eigenvalue weighted by atomic mass is 35.5. The Balaban J connectivity index is 1.42. The first-order valence-electron chi connectivity index (χ1n) is 16.8. The molecule has 3 aromatic rings. The van der Waals surface area contributed by atoms with Crippen molar-refractivity contribution >= 4 is 23.6 Å². The molecule has 248 valence electrons. The highest BCUT2D eigenvalue weighted by Gasteiger charge is 2.37. The van der Waals surface area contributed by atoms with Gasteiger partial charge in [-0.3, -0.25) is 10.1 Å². The van der Waals surface area contributed by atoms with Gasteiger partial charge in [0.2, 0.25) is 5.91 Å². The summed E-state index contributed by atoms with van der Waals surface area (Å²) < 4.78 is 5.25. The molecule has 0 heterocycles. The van der Waals surface area contributed by atoms with Gasteiger partial charge >= 0.3 is 6.09 Å². The summed E-state index contributed by atoms with van der Waals surface area (Å²) in [6.07, 6.45) is 7.91. The normalized spacial score (nSPS) is 15.8. The summed E-state index contributed by atoms with van der Waals surface area (Å²) in [5.74, 6) is 0.421. The number of halogens is 1. The maximum absolute atomic E-state index is 12.9. The topological polar surface area (TPSA) is 105 Å². The molecule has 1 fully saturated rings. The molecule has 0 aromatic heterocycles. The third-order valence-corrected chi connectivity index (χ3v) is 9.00. The second-order valence-electron chi connectivity index (χ2n) is 13.3. The first-order valence-corrected chi connectivity index (χ1v) is 17.1. The van der Waals surface area contributed by atoms with E-state index >= 15 is 0 Å². The van der Waals surface area contributed by atoms with Gasteiger partial charge in [0.15, 0.2) is 0 Å². The monoisotopic (exact) mass is 646 g/mol. The Bertz CT molecular complexity index is 1390. The van der Waals surface area contributed by atoms with Gasteiger partial charge in [0.1, 0.15) is 5.60 Å². The quantitative estimate of drug-likeness (QED) is 0.108. The number of carbonyl (C=O) groups excluding carboxylic acids is 2. The highest BCUT2D eigenvalue weighted by molar-refractivity contribution is 6.31. The zero-order valence-electron chi connectivity index (χ0n) is 27.6. The van der Waals surface area contributed by atoms with E-state index in [4.69, 9.17) is 22.1 Å². The average Bonchev–Trinajstić information content (AvgIpc) is 3.05. The van der Waals surface area contributed by atoms with Gasteiger partial charge in [-0.2, -0.15) is 0 Å². The predicted molar refractivity (Wildman–Crippen MR) is 187 cm³/mol. The van der Waals surface area contributed by atoms with Crippen LogP contribution in [0.4, 0.5) is 4.79 Å². The molecule has 1 aliphatic carbocycles. The van der Waals surface area contributed by atoms with Crippen molar-refractivity contribution in [3.8, 4) is 0 Å². The zero-order valence-corrected chi connectivity index (χ0v) is 28.4. The summed E-state index contributed by atoms with van der Waals surface area (Å²) in [7, 11) is 0. The molecule has 2 amide bonds. The molecule has 1 saturated carbocycles. The predicted octanol–water partition coefficient (Wildman–Crippen LogP) is 7.41. The molecule has 0 spiro atoms. The molecule has 0 radical (unpaired) electrons. The van der Waals surface area contributed by atoms with Gasteiger partial charge in [-0.15, -0.1) is 0 Å². The molecular formula is C38H51ClN4O3. The number of hydrogen-bond acceptors (Lipinski definition) is 5. The number of carbonyl (C=O) groups is 2. The Morgan fingerprint density at radius 3 is 2.15 bits per heavy atom. The smallest absolute Gasteiger partial charge is 0.407 e. The minimum atomic E-state index is -0.737. The van der Waals surface area contributed by atoms with Crippen LogP contribution in [0.25, 0.3) is 0 Å². The lowest BCUT2D eigenvalue weighted by atomic mass is 9.76. The van der Waals surface area contributed by atoms with Crippen molar-refractivity contribution in [3.63, 3.8) is 0 Å². The van der Waals surface area contributed by atoms with Crippen molar-refractivity contribution in [2.75, 3.05) is 19.6 Å². The Kier molecular flexibility index (Phi) is 13.1. The second kappa shape index (κ2) is 17.0. The third kappa shape index (κ3) is 9.81. The number of nitrogens with two attached hydrogens (primary N) is 1. The molecular weight excluding hydrogens is 596 g/mol. The number of rotatable bonds is 14. The highest BCUT2D eigenvalue weighted by Crippen LogP contribution is 2.41. The summed E-state index contributed by atoms with van der Waals surface area (Å²) in [4.78, 5) is 24.7. The molecule has 1 aliphatic rings. The number of nitrogens with one attached hydrogen (secondary N) is 3. The molecule has 0 saturated heterocycles. The number of hydrogen-bond donors (Lipinski definition) is 4. The minimum Gasteiger partial charge on any atom is -0.444 e. The van der Waals surface area contributed by atoms with Crippen LogP contribution in [0, 0.1) is 0 Å². The lowest BCUT2D eigenvalue weighted by molar-refractivity contribution is -0.122. The maximum atomic E-state index is 12.9. The van der Waals surface area contributed by atoms with Crippen LogP contribution in [0.5, 0.6) is 0 Å². The number of alkyl carbamates (subject to hydrolysis) is 1. The standard InChI is InChI=1S/C38H51ClN4O3/c1-37(2,3)46-36(45)42-25-13-12-20-34(40)35(44)41-26-27-43-38(30-16-8-5-9-17-30,32-18-10-11-19-33(32)39)31-23-21-29(22-24-31)28-14-6-4-7-15-28/h5,8-11,16-19,21-24,28,34,43H,4,6-7,12-15,20,25-27,40H2,1-3H3,(H,41,44)(H,42,45)/t34-,38?/m1/s1. The van der Waals surface area contributed by atoms with Crippen LogP contribution in [-0.4, -0.2) is 43.3 Å². The fourth-order valence-electron chi connectivity index (χ4n) is 6.36. The Morgan fingerprint density at radius 2 is 1.48 bits per heavy atom. The lowest BCUT2D eigenvalue weighted by Crippen LogP contribution is -2.49. The molecule has 5 N–H and O–H groups in total. The SMILES string of the molecule is CC(C)(C)OC(=O)NCCCC[C@@H](N)C(=O)NCCNC(c1ccccc1)(c1ccc(C2CCCCC2)cc1)c1ccccc1Cl. The summed E-state index contributed by atoms with van der Waals surface area (Å²) in [5, 5.41) is 10.2. The lowest BCUT2D eigenvalue weighted by Gasteiger charge is -2.38. The minimum absolute atomic E-state index is 0.193. The molecule has 4 rings (SSSR count). The first kappa shape index (κ1) is 35.5. The van der Waals surface area contributed by atoms with Gasteiger partial charge in [-0.25, -0.2) is 4.79 Å². The Hall–Kier alpha value is -3.39. The number of unbranched alkanes of at least 4 members (excludes halogenated alkanes) is 1. The van der Waals surface area contributed by atoms with Crippen molar-refractivity contribution in [1.82, 2.24) is 16.0 Å². The van der Waals surface area contributed by atoms with Gasteiger partial charge in [0, 0.05) is 24.7 Å². The Labute approximate surface area is 280 Å². The fourth-order valence-corrected chi connectivity index (χ4v) is 6.64. The second-order valence-corrected chi connectivity index (χ2v) is 13.7. The van der Waals surface area contributed by atoms with Crippen molar-refractivity contribution in [2.45, 2.75) is 95.2 Å². The Morgan fingerprint density at radius 1 is 0.826 bits per heavy atom. The van der Waals surface area contributed by atoms with Crippen LogP contribution in [0.2, 0.25) is 5.02 Å². The van der Waals surface area contributed by atoms with Crippen molar-refractivity contribution < 1.29 is 14.3 Å². The zero-order chi connectivity index (χ0) is 33.0. The van der Waals surface area contributed by atoms with E-state index in [1.807, 2.05) is 57.2 Å². The van der Waals surface area contributed by atoms with E-state index in [-0.39, 0.29) is 5.91 Å². The van der Waals surface area contributed by atoms with E-state index in [0.29, 0.717) is 49.8 Å². The van der Waals surface area contributed by atoms with E-state index in [1.54, 1.807) is 0 Å². The van der Waals surface area contributed by atoms with Gasteiger partial charge in [0.05, 0.1) is 11.6 Å². The van der Waals surface area contributed by atoms with Crippen LogP contribution in [-0.2, 0) is 15.1 Å². The molecule has 2 atom stereocenters. The van der Waals surface area contributed by atoms with Crippen LogP contribution in [0.1, 0.15) is 100 Å². The molecule has 46 heavy (non-hydrogen) atoms. The van der Waals surface area contributed by atoms with Crippen molar-refractivity contribution in [2.24, 2.45) is 5.73 Å². The van der Waals surface area contributed by atoms with Crippen LogP contribution >= 0.6 is 11.6 Å². The number of benzene rings is 3. The van der Waals surface area contributed by atoms with E-state index in [1.165, 1.54) is 37.7 Å². The number of ether oxygens (including phenoxy) is 1. The first-order chi connectivity index (χ1) is 22.1.